The Morgan fingerprint density at radius 2 is 1.42 bits per heavy atom. The highest BCUT2D eigenvalue weighted by Crippen LogP contribution is 2.20. The van der Waals surface area contributed by atoms with Crippen LogP contribution >= 0.6 is 0 Å². The topological polar surface area (TPSA) is 28.0 Å². The molecule has 0 aliphatic heterocycles. The van der Waals surface area contributed by atoms with E-state index >= 15 is 0 Å². The molecule has 0 fully saturated rings. The highest BCUT2D eigenvalue weighted by atomic mass is 19.1. The average Bonchev–Trinajstić information content (AvgIpc) is 2.58. The van der Waals surface area contributed by atoms with Gasteiger partial charge in [0.2, 0.25) is 0 Å². The van der Waals surface area contributed by atoms with Crippen LogP contribution in [-0.2, 0) is 0 Å². The maximum atomic E-state index is 13.2. The van der Waals surface area contributed by atoms with E-state index in [4.69, 9.17) is 0 Å². The summed E-state index contributed by atoms with van der Waals surface area (Å²) >= 11 is 0. The van der Waals surface area contributed by atoms with Crippen molar-refractivity contribution in [2.24, 2.45) is 10.1 Å². The van der Waals surface area contributed by atoms with E-state index in [-0.39, 0.29) is 11.6 Å². The molecule has 0 bridgehead atoms. The lowest BCUT2D eigenvalue weighted by atomic mass is 10.1. The van der Waals surface area contributed by atoms with E-state index in [1.54, 1.807) is 49.6 Å². The van der Waals surface area contributed by atoms with E-state index < -0.39 is 0 Å². The van der Waals surface area contributed by atoms with Crippen LogP contribution in [0.5, 0.6) is 0 Å². The summed E-state index contributed by atoms with van der Waals surface area (Å²) in [5.74, 6) is -0.604. The minimum absolute atomic E-state index is 0.301. The van der Waals surface area contributed by atoms with Crippen molar-refractivity contribution in [1.29, 1.82) is 0 Å². The van der Waals surface area contributed by atoms with Gasteiger partial charge in [-0.3, -0.25) is 10.0 Å². The molecule has 0 spiro atoms. The molecule has 0 saturated carbocycles. The molecule has 0 unspecified atom stereocenters. The van der Waals surface area contributed by atoms with Crippen LogP contribution in [0.2, 0.25) is 0 Å². The first-order chi connectivity index (χ1) is 11.5. The van der Waals surface area contributed by atoms with E-state index in [0.717, 1.165) is 16.8 Å². The molecule has 0 radical (unpaired) electrons. The second-order valence-corrected chi connectivity index (χ2v) is 5.05. The number of hydrogen-bond donors (Lipinski definition) is 0. The van der Waals surface area contributed by atoms with Crippen molar-refractivity contribution in [2.45, 2.75) is 6.92 Å². The highest BCUT2D eigenvalue weighted by molar-refractivity contribution is 6.12. The van der Waals surface area contributed by atoms with Gasteiger partial charge in [-0.05, 0) is 72.7 Å². The van der Waals surface area contributed by atoms with Gasteiger partial charge in [-0.1, -0.05) is 0 Å². The molecule has 0 amide bonds. The smallest absolute Gasteiger partial charge is 0.123 e. The standard InChI is InChI=1S/C19H19F2N3/c1-4-23-24(3)19(15-7-11-17(21)12-8-15)13-18(22-2)14-5-9-16(20)10-6-14/h4-13H,1-3H3/b19-13-,22-18?,23-4-. The van der Waals surface area contributed by atoms with Gasteiger partial charge in [0.25, 0.3) is 0 Å². The fraction of sp³-hybridized carbons (Fsp3) is 0.158. The van der Waals surface area contributed by atoms with E-state index in [9.17, 15) is 8.78 Å². The van der Waals surface area contributed by atoms with Crippen LogP contribution in [0.3, 0.4) is 0 Å². The van der Waals surface area contributed by atoms with E-state index in [2.05, 4.69) is 10.1 Å². The third-order valence-corrected chi connectivity index (χ3v) is 3.43. The van der Waals surface area contributed by atoms with E-state index in [1.807, 2.05) is 13.0 Å². The summed E-state index contributed by atoms with van der Waals surface area (Å²) in [5, 5.41) is 5.93. The van der Waals surface area contributed by atoms with Crippen molar-refractivity contribution >= 4 is 17.6 Å². The van der Waals surface area contributed by atoms with Crippen molar-refractivity contribution in [3.63, 3.8) is 0 Å². The van der Waals surface area contributed by atoms with E-state index in [1.165, 1.54) is 24.3 Å². The largest absolute Gasteiger partial charge is 0.288 e. The second kappa shape index (κ2) is 8.15. The van der Waals surface area contributed by atoms with E-state index in [0.29, 0.717) is 5.71 Å². The average molecular weight is 327 g/mol. The minimum Gasteiger partial charge on any atom is -0.288 e. The summed E-state index contributed by atoms with van der Waals surface area (Å²) in [4.78, 5) is 4.28. The van der Waals surface area contributed by atoms with Crippen LogP contribution in [0.4, 0.5) is 8.78 Å². The molecule has 0 aliphatic rings. The summed E-state index contributed by atoms with van der Waals surface area (Å²) in [6.45, 7) is 1.81. The maximum absolute atomic E-state index is 13.2. The molecular formula is C19H19F2N3. The van der Waals surface area contributed by atoms with Crippen LogP contribution in [0.15, 0.2) is 64.7 Å². The lowest BCUT2D eigenvalue weighted by molar-refractivity contribution is 0.519. The summed E-state index contributed by atoms with van der Waals surface area (Å²) in [7, 11) is 3.47. The molecule has 2 aromatic carbocycles. The fourth-order valence-electron chi connectivity index (χ4n) is 2.25. The zero-order valence-electron chi connectivity index (χ0n) is 13.9. The minimum atomic E-state index is -0.303. The first kappa shape index (κ1) is 17.5. The maximum Gasteiger partial charge on any atom is 0.123 e. The Morgan fingerprint density at radius 3 is 1.88 bits per heavy atom. The van der Waals surface area contributed by atoms with Crippen molar-refractivity contribution in [3.05, 3.63) is 77.4 Å². The number of benzene rings is 2. The zero-order valence-corrected chi connectivity index (χ0v) is 13.9. The Labute approximate surface area is 140 Å². The van der Waals surface area contributed by atoms with Gasteiger partial charge in [-0.2, -0.15) is 5.10 Å². The number of hydrogen-bond acceptors (Lipinski definition) is 3. The Kier molecular flexibility index (Phi) is 5.95. The predicted molar refractivity (Wildman–Crippen MR) is 95.2 cm³/mol. The molecule has 0 atom stereocenters. The summed E-state index contributed by atoms with van der Waals surface area (Å²) in [6, 6.07) is 12.3. The first-order valence-electron chi connectivity index (χ1n) is 7.48. The van der Waals surface area contributed by atoms with Gasteiger partial charge < -0.3 is 0 Å². The Bertz CT molecular complexity index is 760. The third kappa shape index (κ3) is 4.35. The molecule has 0 N–H and O–H groups in total. The molecule has 0 aliphatic carbocycles. The first-order valence-corrected chi connectivity index (χ1v) is 7.48. The van der Waals surface area contributed by atoms with Crippen LogP contribution in [-0.4, -0.2) is 31.0 Å². The molecule has 2 rings (SSSR count). The summed E-state index contributed by atoms with van der Waals surface area (Å²) < 4.78 is 26.3. The van der Waals surface area contributed by atoms with Crippen molar-refractivity contribution in [2.75, 3.05) is 14.1 Å². The Balaban J connectivity index is 2.49. The second-order valence-electron chi connectivity index (χ2n) is 5.05. The Hall–Kier alpha value is -2.82. The molecule has 5 heteroatoms. The molecule has 0 heterocycles. The predicted octanol–water partition coefficient (Wildman–Crippen LogP) is 4.36. The number of allylic oxidation sites excluding steroid dienone is 1. The number of aliphatic imine (C=N–C) groups is 1. The SMILES string of the molecule is C/C=N\N(C)/C(=C\C(=NC)c1ccc(F)cc1)c1ccc(F)cc1. The molecule has 0 aromatic heterocycles. The lowest BCUT2D eigenvalue weighted by Gasteiger charge is -2.18. The number of rotatable bonds is 5. The lowest BCUT2D eigenvalue weighted by Crippen LogP contribution is -2.12. The van der Waals surface area contributed by atoms with Gasteiger partial charge in [-0.15, -0.1) is 0 Å². The van der Waals surface area contributed by atoms with Gasteiger partial charge in [0.05, 0.1) is 11.4 Å². The summed E-state index contributed by atoms with van der Waals surface area (Å²) in [6.07, 6.45) is 3.51. The third-order valence-electron chi connectivity index (χ3n) is 3.43. The highest BCUT2D eigenvalue weighted by Gasteiger charge is 2.10. The molecule has 124 valence electrons. The van der Waals surface area contributed by atoms with Gasteiger partial charge in [-0.25, -0.2) is 8.78 Å². The number of hydrazone groups is 1. The molecule has 24 heavy (non-hydrogen) atoms. The van der Waals surface area contributed by atoms with Crippen LogP contribution in [0.1, 0.15) is 18.1 Å². The summed E-state index contributed by atoms with van der Waals surface area (Å²) in [5.41, 5.74) is 3.01. The molecular weight excluding hydrogens is 308 g/mol. The quantitative estimate of drug-likeness (QED) is 0.592. The van der Waals surface area contributed by atoms with Crippen molar-refractivity contribution in [3.8, 4) is 0 Å². The fourth-order valence-corrected chi connectivity index (χ4v) is 2.25. The van der Waals surface area contributed by atoms with Crippen LogP contribution in [0, 0.1) is 11.6 Å². The zero-order chi connectivity index (χ0) is 17.5. The Morgan fingerprint density at radius 1 is 0.917 bits per heavy atom. The van der Waals surface area contributed by atoms with Crippen LogP contribution < -0.4 is 0 Å². The molecule has 2 aromatic rings. The van der Waals surface area contributed by atoms with Crippen LogP contribution in [0.25, 0.3) is 5.70 Å². The van der Waals surface area contributed by atoms with Crippen molar-refractivity contribution < 1.29 is 8.78 Å². The van der Waals surface area contributed by atoms with Gasteiger partial charge >= 0.3 is 0 Å². The number of halogens is 2. The molecule has 3 nitrogen and oxygen atoms in total. The van der Waals surface area contributed by atoms with Gasteiger partial charge in [0, 0.05) is 20.3 Å². The normalized spacial score (nSPS) is 12.7. The van der Waals surface area contributed by atoms with Crippen molar-refractivity contribution in [1.82, 2.24) is 5.01 Å². The number of nitrogens with zero attached hydrogens (tertiary/aromatic N) is 3. The van der Waals surface area contributed by atoms with Gasteiger partial charge in [0.15, 0.2) is 0 Å². The van der Waals surface area contributed by atoms with Gasteiger partial charge in [0.1, 0.15) is 11.6 Å². The molecule has 0 saturated heterocycles. The monoisotopic (exact) mass is 327 g/mol.